The van der Waals surface area contributed by atoms with Crippen LogP contribution in [0.1, 0.15) is 11.7 Å². The molecule has 0 aromatic heterocycles. The van der Waals surface area contributed by atoms with Crippen LogP contribution in [0.4, 0.5) is 0 Å². The second-order valence-corrected chi connectivity index (χ2v) is 3.49. The third-order valence-electron chi connectivity index (χ3n) is 1.68. The van der Waals surface area contributed by atoms with Crippen molar-refractivity contribution < 1.29 is 5.11 Å². The zero-order valence-corrected chi connectivity index (χ0v) is 7.61. The Hall–Kier alpha value is -0.690. The largest absolute Gasteiger partial charge is 0.386 e. The Morgan fingerprint density at radius 1 is 1.33 bits per heavy atom. The van der Waals surface area contributed by atoms with E-state index >= 15 is 0 Å². The number of aliphatic hydroxyl groups is 1. The molecule has 1 rings (SSSR count). The fourth-order valence-corrected chi connectivity index (χ4v) is 1.32. The van der Waals surface area contributed by atoms with Crippen LogP contribution < -0.4 is 5.73 Å². The molecule has 2 nitrogen and oxygen atoms in total. The lowest BCUT2D eigenvalue weighted by Gasteiger charge is -2.14. The van der Waals surface area contributed by atoms with Gasteiger partial charge in [0.1, 0.15) is 6.10 Å². The number of benzene rings is 1. The summed E-state index contributed by atoms with van der Waals surface area (Å²) in [7, 11) is 0.760. The van der Waals surface area contributed by atoms with E-state index in [1.165, 1.54) is 0 Å². The van der Waals surface area contributed by atoms with E-state index < -0.39 is 6.10 Å². The maximum Gasteiger partial charge on any atom is 0.102 e. The fraction of sp³-hybridized carbons (Fsp3) is 0.222. The zero-order valence-electron chi connectivity index (χ0n) is 6.72. The summed E-state index contributed by atoms with van der Waals surface area (Å²) in [4.78, 5) is 0. The summed E-state index contributed by atoms with van der Waals surface area (Å²) in [5.41, 5.74) is 6.47. The van der Waals surface area contributed by atoms with E-state index in [9.17, 15) is 5.11 Å². The van der Waals surface area contributed by atoms with Gasteiger partial charge in [-0.2, -0.15) is 0 Å². The van der Waals surface area contributed by atoms with E-state index in [2.05, 4.69) is 6.30 Å². The van der Waals surface area contributed by atoms with Crippen LogP contribution in [-0.4, -0.2) is 17.2 Å². The van der Waals surface area contributed by atoms with Crippen molar-refractivity contribution in [3.8, 4) is 0 Å². The molecule has 0 saturated carbocycles. The van der Waals surface area contributed by atoms with Crippen molar-refractivity contribution in [1.29, 1.82) is 0 Å². The predicted octanol–water partition coefficient (Wildman–Crippen LogP) is 1.38. The van der Waals surface area contributed by atoms with Crippen molar-refractivity contribution in [2.45, 2.75) is 11.9 Å². The van der Waals surface area contributed by atoms with Gasteiger partial charge in [0.05, 0.1) is 5.78 Å². The molecule has 2 atom stereocenters. The van der Waals surface area contributed by atoms with Crippen molar-refractivity contribution in [2.24, 2.45) is 5.73 Å². The quantitative estimate of drug-likeness (QED) is 0.692. The molecule has 0 aliphatic heterocycles. The SMILES string of the molecule is C=PC(N)C(O)c1ccccc1. The molecule has 3 heteroatoms. The Kier molecular flexibility index (Phi) is 3.42. The van der Waals surface area contributed by atoms with Crippen molar-refractivity contribution in [3.63, 3.8) is 0 Å². The number of hydrogen-bond donors (Lipinski definition) is 2. The monoisotopic (exact) mass is 181 g/mol. The van der Waals surface area contributed by atoms with Gasteiger partial charge in [-0.1, -0.05) is 44.8 Å². The van der Waals surface area contributed by atoms with Gasteiger partial charge in [-0.15, -0.1) is 0 Å². The lowest BCUT2D eigenvalue weighted by Crippen LogP contribution is -2.21. The minimum Gasteiger partial charge on any atom is -0.386 e. The Labute approximate surface area is 73.8 Å². The van der Waals surface area contributed by atoms with Gasteiger partial charge in [0.15, 0.2) is 0 Å². The first kappa shape index (κ1) is 9.40. The maximum atomic E-state index is 9.62. The normalized spacial score (nSPS) is 15.8. The Morgan fingerprint density at radius 3 is 2.42 bits per heavy atom. The summed E-state index contributed by atoms with van der Waals surface area (Å²) in [6.07, 6.45) is 3.01. The summed E-state index contributed by atoms with van der Waals surface area (Å²) < 4.78 is 0. The van der Waals surface area contributed by atoms with Crippen LogP contribution >= 0.6 is 8.20 Å². The minimum absolute atomic E-state index is 0.299. The van der Waals surface area contributed by atoms with Crippen LogP contribution in [0, 0.1) is 0 Å². The van der Waals surface area contributed by atoms with Gasteiger partial charge in [-0.05, 0) is 5.56 Å². The Balaban J connectivity index is 2.78. The molecule has 0 aliphatic carbocycles. The zero-order chi connectivity index (χ0) is 8.97. The van der Waals surface area contributed by atoms with Gasteiger partial charge >= 0.3 is 0 Å². The molecule has 64 valence electrons. The molecule has 0 saturated heterocycles. The standard InChI is InChI=1S/C9H12NOP/c1-12-9(10)8(11)7-5-3-2-4-6-7/h2-6,8-9,11H,1,10H2. The van der Waals surface area contributed by atoms with E-state index in [-0.39, 0.29) is 5.78 Å². The second-order valence-electron chi connectivity index (χ2n) is 2.53. The number of aliphatic hydroxyl groups excluding tert-OH is 1. The summed E-state index contributed by atoms with van der Waals surface area (Å²) in [6.45, 7) is 0. The molecular weight excluding hydrogens is 169 g/mol. The highest BCUT2D eigenvalue weighted by Gasteiger charge is 2.12. The summed E-state index contributed by atoms with van der Waals surface area (Å²) >= 11 is 0. The highest BCUT2D eigenvalue weighted by molar-refractivity contribution is 7.37. The number of rotatable bonds is 3. The molecule has 0 radical (unpaired) electrons. The van der Waals surface area contributed by atoms with Gasteiger partial charge in [0.2, 0.25) is 0 Å². The van der Waals surface area contributed by atoms with Crippen LogP contribution in [0.2, 0.25) is 0 Å². The second kappa shape index (κ2) is 4.36. The molecule has 2 unspecified atom stereocenters. The molecule has 0 heterocycles. The van der Waals surface area contributed by atoms with Gasteiger partial charge in [0.25, 0.3) is 0 Å². The molecule has 0 amide bonds. The van der Waals surface area contributed by atoms with Gasteiger partial charge < -0.3 is 10.8 Å². The smallest absolute Gasteiger partial charge is 0.102 e. The molecule has 12 heavy (non-hydrogen) atoms. The number of hydrogen-bond acceptors (Lipinski definition) is 2. The van der Waals surface area contributed by atoms with Crippen molar-refractivity contribution in [1.82, 2.24) is 0 Å². The Bertz CT molecular complexity index is 250. The summed E-state index contributed by atoms with van der Waals surface area (Å²) in [5, 5.41) is 9.62. The van der Waals surface area contributed by atoms with Gasteiger partial charge in [0, 0.05) is 0 Å². The van der Waals surface area contributed by atoms with E-state index in [0.717, 1.165) is 13.8 Å². The highest BCUT2D eigenvalue weighted by Crippen LogP contribution is 2.20. The van der Waals surface area contributed by atoms with Gasteiger partial charge in [-0.3, -0.25) is 0 Å². The van der Waals surface area contributed by atoms with Crippen molar-refractivity contribution >= 4 is 14.5 Å². The van der Waals surface area contributed by atoms with Crippen LogP contribution in [-0.2, 0) is 0 Å². The lowest BCUT2D eigenvalue weighted by molar-refractivity contribution is 0.175. The van der Waals surface area contributed by atoms with Crippen LogP contribution in [0.3, 0.4) is 0 Å². The molecule has 0 fully saturated rings. The first-order valence-electron chi connectivity index (χ1n) is 3.70. The molecule has 0 spiro atoms. The van der Waals surface area contributed by atoms with E-state index in [1.807, 2.05) is 30.3 Å². The first-order chi connectivity index (χ1) is 5.75. The third kappa shape index (κ3) is 2.15. The van der Waals surface area contributed by atoms with Crippen molar-refractivity contribution in [3.05, 3.63) is 35.9 Å². The number of nitrogens with two attached hydrogens (primary N) is 1. The van der Waals surface area contributed by atoms with Crippen LogP contribution in [0.5, 0.6) is 0 Å². The lowest BCUT2D eigenvalue weighted by atomic mass is 10.1. The predicted molar refractivity (Wildman–Crippen MR) is 53.4 cm³/mol. The van der Waals surface area contributed by atoms with E-state index in [0.29, 0.717) is 0 Å². The van der Waals surface area contributed by atoms with Gasteiger partial charge in [-0.25, -0.2) is 0 Å². The molecule has 0 aliphatic rings. The van der Waals surface area contributed by atoms with Crippen LogP contribution in [0.25, 0.3) is 0 Å². The molecule has 3 N–H and O–H groups in total. The summed E-state index contributed by atoms with van der Waals surface area (Å²) in [5.74, 6) is -0.299. The topological polar surface area (TPSA) is 46.2 Å². The van der Waals surface area contributed by atoms with Crippen LogP contribution in [0.15, 0.2) is 30.3 Å². The van der Waals surface area contributed by atoms with E-state index in [1.54, 1.807) is 0 Å². The molecular formula is C9H12NOP. The minimum atomic E-state index is -0.606. The average Bonchev–Trinajstić information content (AvgIpc) is 2.17. The first-order valence-corrected chi connectivity index (χ1v) is 4.85. The molecule has 1 aromatic carbocycles. The average molecular weight is 181 g/mol. The van der Waals surface area contributed by atoms with E-state index in [4.69, 9.17) is 5.73 Å². The Morgan fingerprint density at radius 2 is 1.92 bits per heavy atom. The van der Waals surface area contributed by atoms with Crippen molar-refractivity contribution in [2.75, 3.05) is 0 Å². The molecule has 1 aromatic rings. The highest BCUT2D eigenvalue weighted by atomic mass is 31.1. The fourth-order valence-electron chi connectivity index (χ4n) is 0.947. The summed E-state index contributed by atoms with van der Waals surface area (Å²) in [6, 6.07) is 9.38. The molecule has 0 bridgehead atoms. The third-order valence-corrected chi connectivity index (χ3v) is 2.38. The maximum absolute atomic E-state index is 9.62.